The summed E-state index contributed by atoms with van der Waals surface area (Å²) in [4.78, 5) is 16.5. The molecule has 2 aromatic carbocycles. The van der Waals surface area contributed by atoms with Crippen molar-refractivity contribution < 1.29 is 14.1 Å². The first kappa shape index (κ1) is 17.5. The van der Waals surface area contributed by atoms with Crippen LogP contribution in [0.4, 0.5) is 5.69 Å². The third-order valence-electron chi connectivity index (χ3n) is 4.10. The van der Waals surface area contributed by atoms with Gasteiger partial charge in [-0.1, -0.05) is 35.5 Å². The Kier molecular flexibility index (Phi) is 4.84. The molecule has 0 aliphatic rings. The highest BCUT2D eigenvalue weighted by atomic mass is 16.5. The number of hydrogen-bond donors (Lipinski definition) is 1. The van der Waals surface area contributed by atoms with Crippen LogP contribution in [0, 0.1) is 6.92 Å². The molecule has 0 saturated heterocycles. The predicted octanol–water partition coefficient (Wildman–Crippen LogP) is 5.09. The fourth-order valence-electron chi connectivity index (χ4n) is 2.69. The van der Waals surface area contributed by atoms with Crippen LogP contribution in [0.3, 0.4) is 0 Å². The first-order chi connectivity index (χ1) is 13.7. The van der Waals surface area contributed by atoms with Crippen molar-refractivity contribution in [2.45, 2.75) is 6.92 Å². The van der Waals surface area contributed by atoms with Crippen molar-refractivity contribution in [3.63, 3.8) is 0 Å². The summed E-state index contributed by atoms with van der Waals surface area (Å²) in [6, 6.07) is 20.2. The van der Waals surface area contributed by atoms with E-state index in [1.165, 1.54) is 0 Å². The van der Waals surface area contributed by atoms with E-state index in [4.69, 9.17) is 9.26 Å². The first-order valence-electron chi connectivity index (χ1n) is 8.71. The molecule has 4 rings (SSSR count). The first-order valence-corrected chi connectivity index (χ1v) is 8.71. The molecule has 0 atom stereocenters. The minimum atomic E-state index is -0.341. The van der Waals surface area contributed by atoms with Crippen molar-refractivity contribution in [1.82, 2.24) is 10.1 Å². The lowest BCUT2D eigenvalue weighted by Gasteiger charge is -2.10. The lowest BCUT2D eigenvalue weighted by molar-refractivity contribution is 0.101. The second-order valence-electron chi connectivity index (χ2n) is 6.17. The number of carbonyl (C=O) groups is 1. The number of hydrogen-bond acceptors (Lipinski definition) is 5. The van der Waals surface area contributed by atoms with Gasteiger partial charge in [0.25, 0.3) is 5.91 Å². The van der Waals surface area contributed by atoms with Gasteiger partial charge in [-0.05, 0) is 42.8 Å². The number of ether oxygens (including phenoxy) is 1. The van der Waals surface area contributed by atoms with Gasteiger partial charge in [0.2, 0.25) is 0 Å². The summed E-state index contributed by atoms with van der Waals surface area (Å²) in [5, 5.41) is 6.69. The van der Waals surface area contributed by atoms with Crippen molar-refractivity contribution >= 4 is 11.6 Å². The lowest BCUT2D eigenvalue weighted by atomic mass is 10.1. The van der Waals surface area contributed by atoms with Gasteiger partial charge in [0.05, 0.1) is 6.20 Å². The summed E-state index contributed by atoms with van der Waals surface area (Å²) in [6.07, 6.45) is 3.33. The van der Waals surface area contributed by atoms with Crippen LogP contribution < -0.4 is 10.1 Å². The average Bonchev–Trinajstić information content (AvgIpc) is 3.22. The summed E-state index contributed by atoms with van der Waals surface area (Å²) in [5.41, 5.74) is 2.60. The molecule has 28 heavy (non-hydrogen) atoms. The molecule has 2 heterocycles. The highest BCUT2D eigenvalue weighted by Crippen LogP contribution is 2.27. The minimum absolute atomic E-state index is 0.215. The molecule has 0 radical (unpaired) electrons. The monoisotopic (exact) mass is 371 g/mol. The molecule has 138 valence electrons. The summed E-state index contributed by atoms with van der Waals surface area (Å²) in [6.45, 7) is 1.91. The molecule has 0 spiro atoms. The standard InChI is InChI=1S/C22H17N3O3/c1-15-12-17(9-10-20(15)27-18-8-5-11-23-14-18)24-22(26)19-13-21(28-25-19)16-6-3-2-4-7-16/h2-14H,1H3,(H,24,26). The molecule has 0 saturated carbocycles. The van der Waals surface area contributed by atoms with Gasteiger partial charge in [-0.25, -0.2) is 0 Å². The number of nitrogens with zero attached hydrogens (tertiary/aromatic N) is 2. The molecular weight excluding hydrogens is 354 g/mol. The number of aryl methyl sites for hydroxylation is 1. The molecule has 0 aliphatic carbocycles. The van der Waals surface area contributed by atoms with Crippen LogP contribution in [0.15, 0.2) is 83.6 Å². The zero-order valence-corrected chi connectivity index (χ0v) is 15.1. The quantitative estimate of drug-likeness (QED) is 0.529. The van der Waals surface area contributed by atoms with Crippen molar-refractivity contribution in [2.24, 2.45) is 0 Å². The van der Waals surface area contributed by atoms with Crippen molar-refractivity contribution in [1.29, 1.82) is 0 Å². The summed E-state index contributed by atoms with van der Waals surface area (Å²) < 4.78 is 11.1. The van der Waals surface area contributed by atoms with E-state index in [0.29, 0.717) is 22.9 Å². The molecule has 6 heteroatoms. The van der Waals surface area contributed by atoms with E-state index in [-0.39, 0.29) is 11.6 Å². The highest BCUT2D eigenvalue weighted by molar-refractivity contribution is 6.03. The molecule has 4 aromatic rings. The van der Waals surface area contributed by atoms with E-state index in [1.54, 1.807) is 36.7 Å². The van der Waals surface area contributed by atoms with Crippen LogP contribution >= 0.6 is 0 Å². The Labute approximate surface area is 161 Å². The number of nitrogens with one attached hydrogen (secondary N) is 1. The number of benzene rings is 2. The Balaban J connectivity index is 1.46. The number of pyridine rings is 1. The van der Waals surface area contributed by atoms with Crippen LogP contribution in [0.5, 0.6) is 11.5 Å². The van der Waals surface area contributed by atoms with Crippen molar-refractivity contribution in [3.05, 3.63) is 90.4 Å². The fraction of sp³-hybridized carbons (Fsp3) is 0.0455. The maximum atomic E-state index is 12.5. The number of aromatic nitrogens is 2. The van der Waals surface area contributed by atoms with E-state index in [9.17, 15) is 4.79 Å². The van der Waals surface area contributed by atoms with E-state index in [1.807, 2.05) is 49.4 Å². The van der Waals surface area contributed by atoms with E-state index in [0.717, 1.165) is 11.1 Å². The van der Waals surface area contributed by atoms with Gasteiger partial charge in [0.1, 0.15) is 11.5 Å². The largest absolute Gasteiger partial charge is 0.455 e. The molecular formula is C22H17N3O3. The highest BCUT2D eigenvalue weighted by Gasteiger charge is 2.14. The maximum Gasteiger partial charge on any atom is 0.277 e. The smallest absolute Gasteiger partial charge is 0.277 e. The summed E-state index contributed by atoms with van der Waals surface area (Å²) in [5.74, 6) is 1.55. The third kappa shape index (κ3) is 3.91. The van der Waals surface area contributed by atoms with Crippen LogP contribution in [0.25, 0.3) is 11.3 Å². The number of amides is 1. The SMILES string of the molecule is Cc1cc(NC(=O)c2cc(-c3ccccc3)on2)ccc1Oc1cccnc1. The molecule has 0 fully saturated rings. The van der Waals surface area contributed by atoms with Gasteiger partial charge in [-0.3, -0.25) is 9.78 Å². The normalized spacial score (nSPS) is 10.5. The molecule has 2 aromatic heterocycles. The Morgan fingerprint density at radius 3 is 2.64 bits per heavy atom. The second-order valence-corrected chi connectivity index (χ2v) is 6.17. The average molecular weight is 371 g/mol. The number of rotatable bonds is 5. The Hall–Kier alpha value is -3.93. The fourth-order valence-corrected chi connectivity index (χ4v) is 2.69. The molecule has 0 aliphatic heterocycles. The lowest BCUT2D eigenvalue weighted by Crippen LogP contribution is -2.12. The molecule has 0 bridgehead atoms. The molecule has 1 amide bonds. The van der Waals surface area contributed by atoms with Crippen LogP contribution in [0.2, 0.25) is 0 Å². The Morgan fingerprint density at radius 2 is 1.89 bits per heavy atom. The molecule has 1 N–H and O–H groups in total. The zero-order valence-electron chi connectivity index (χ0n) is 15.1. The van der Waals surface area contributed by atoms with Crippen LogP contribution in [-0.2, 0) is 0 Å². The van der Waals surface area contributed by atoms with E-state index >= 15 is 0 Å². The van der Waals surface area contributed by atoms with Gasteiger partial charge in [0.15, 0.2) is 11.5 Å². The van der Waals surface area contributed by atoms with Crippen LogP contribution in [-0.4, -0.2) is 16.0 Å². The van der Waals surface area contributed by atoms with Crippen LogP contribution in [0.1, 0.15) is 16.1 Å². The minimum Gasteiger partial charge on any atom is -0.455 e. The van der Waals surface area contributed by atoms with Gasteiger partial charge in [-0.15, -0.1) is 0 Å². The number of anilines is 1. The molecule has 6 nitrogen and oxygen atoms in total. The van der Waals surface area contributed by atoms with Gasteiger partial charge >= 0.3 is 0 Å². The van der Waals surface area contributed by atoms with Crippen molar-refractivity contribution in [2.75, 3.05) is 5.32 Å². The van der Waals surface area contributed by atoms with Crippen molar-refractivity contribution in [3.8, 4) is 22.8 Å². The topological polar surface area (TPSA) is 77.2 Å². The Morgan fingerprint density at radius 1 is 1.04 bits per heavy atom. The van der Waals surface area contributed by atoms with E-state index < -0.39 is 0 Å². The maximum absolute atomic E-state index is 12.5. The third-order valence-corrected chi connectivity index (χ3v) is 4.10. The Bertz CT molecular complexity index is 1090. The molecule has 0 unspecified atom stereocenters. The van der Waals surface area contributed by atoms with Gasteiger partial charge < -0.3 is 14.6 Å². The van der Waals surface area contributed by atoms with E-state index in [2.05, 4.69) is 15.5 Å². The summed E-state index contributed by atoms with van der Waals surface area (Å²) in [7, 11) is 0. The number of carbonyl (C=O) groups excluding carboxylic acids is 1. The second kappa shape index (κ2) is 7.75. The van der Waals surface area contributed by atoms with Gasteiger partial charge in [0, 0.05) is 23.5 Å². The summed E-state index contributed by atoms with van der Waals surface area (Å²) >= 11 is 0. The zero-order chi connectivity index (χ0) is 19.3. The predicted molar refractivity (Wildman–Crippen MR) is 105 cm³/mol. The van der Waals surface area contributed by atoms with Gasteiger partial charge in [-0.2, -0.15) is 0 Å².